The summed E-state index contributed by atoms with van der Waals surface area (Å²) in [5.74, 6) is -1.40. The number of amides is 4. The van der Waals surface area contributed by atoms with Crippen LogP contribution < -0.4 is 10.2 Å². The molecule has 4 amide bonds. The van der Waals surface area contributed by atoms with E-state index in [9.17, 15) is 18.8 Å². The standard InChI is InChI=1S/C20H18ClFN4O3/c1-12(2)24-18(27)13-4-7-17(23-11-13)25-8-3-9-26(20(25)29)19(28)15-10-14(22)5-6-16(15)21/h3-8,10-12H,9H2,1-2H3,(H,24,27). The van der Waals surface area contributed by atoms with E-state index in [0.29, 0.717) is 5.56 Å². The Labute approximate surface area is 171 Å². The van der Waals surface area contributed by atoms with E-state index in [4.69, 9.17) is 11.6 Å². The number of pyridine rings is 1. The van der Waals surface area contributed by atoms with Crippen molar-refractivity contribution in [1.29, 1.82) is 0 Å². The predicted octanol–water partition coefficient (Wildman–Crippen LogP) is 3.61. The van der Waals surface area contributed by atoms with Gasteiger partial charge in [0.05, 0.1) is 22.7 Å². The molecule has 0 aliphatic carbocycles. The van der Waals surface area contributed by atoms with Gasteiger partial charge in [-0.25, -0.2) is 14.2 Å². The summed E-state index contributed by atoms with van der Waals surface area (Å²) in [6.45, 7) is 3.69. The summed E-state index contributed by atoms with van der Waals surface area (Å²) in [5.41, 5.74) is 0.235. The maximum Gasteiger partial charge on any atom is 0.337 e. The van der Waals surface area contributed by atoms with E-state index in [1.54, 1.807) is 6.08 Å². The highest BCUT2D eigenvalue weighted by Gasteiger charge is 2.31. The number of benzene rings is 1. The summed E-state index contributed by atoms with van der Waals surface area (Å²) in [5, 5.41) is 2.79. The van der Waals surface area contributed by atoms with Crippen molar-refractivity contribution < 1.29 is 18.8 Å². The molecule has 9 heteroatoms. The zero-order valence-corrected chi connectivity index (χ0v) is 16.5. The minimum absolute atomic E-state index is 0.00981. The number of anilines is 1. The highest BCUT2D eigenvalue weighted by molar-refractivity contribution is 6.34. The molecule has 2 heterocycles. The molecule has 1 N–H and O–H groups in total. The van der Waals surface area contributed by atoms with Crippen LogP contribution in [0.5, 0.6) is 0 Å². The molecule has 0 spiro atoms. The Morgan fingerprint density at radius 3 is 2.66 bits per heavy atom. The second-order valence-electron chi connectivity index (χ2n) is 6.61. The zero-order valence-electron chi connectivity index (χ0n) is 15.7. The van der Waals surface area contributed by atoms with Crippen LogP contribution in [0.25, 0.3) is 0 Å². The summed E-state index contributed by atoms with van der Waals surface area (Å²) >= 11 is 5.99. The molecule has 1 aliphatic heterocycles. The van der Waals surface area contributed by atoms with Crippen molar-refractivity contribution in [3.63, 3.8) is 0 Å². The number of aromatic nitrogens is 1. The van der Waals surface area contributed by atoms with Gasteiger partial charge in [-0.15, -0.1) is 0 Å². The molecule has 1 aromatic carbocycles. The highest BCUT2D eigenvalue weighted by atomic mass is 35.5. The average molecular weight is 417 g/mol. The van der Waals surface area contributed by atoms with E-state index in [1.165, 1.54) is 35.5 Å². The minimum Gasteiger partial charge on any atom is -0.350 e. The summed E-state index contributed by atoms with van der Waals surface area (Å²) in [6.07, 6.45) is 4.42. The first kappa shape index (κ1) is 20.5. The van der Waals surface area contributed by atoms with Crippen LogP contribution in [0, 0.1) is 5.82 Å². The van der Waals surface area contributed by atoms with E-state index in [2.05, 4.69) is 10.3 Å². The number of nitrogens with one attached hydrogen (secondary N) is 1. The molecule has 150 valence electrons. The van der Waals surface area contributed by atoms with Gasteiger partial charge in [0, 0.05) is 18.4 Å². The number of carbonyl (C=O) groups excluding carboxylic acids is 3. The Kier molecular flexibility index (Phi) is 5.93. The first-order valence-corrected chi connectivity index (χ1v) is 9.19. The third-order valence-corrected chi connectivity index (χ3v) is 4.39. The number of nitrogens with zero attached hydrogens (tertiary/aromatic N) is 3. The smallest absolute Gasteiger partial charge is 0.337 e. The van der Waals surface area contributed by atoms with Crippen LogP contribution >= 0.6 is 11.6 Å². The van der Waals surface area contributed by atoms with Crippen LogP contribution in [0.3, 0.4) is 0 Å². The van der Waals surface area contributed by atoms with Gasteiger partial charge in [-0.3, -0.25) is 19.4 Å². The normalized spacial score (nSPS) is 13.8. The van der Waals surface area contributed by atoms with E-state index in [0.717, 1.165) is 17.0 Å². The molecule has 0 unspecified atom stereocenters. The van der Waals surface area contributed by atoms with Crippen LogP contribution in [-0.2, 0) is 0 Å². The average Bonchev–Trinajstić information content (AvgIpc) is 2.69. The van der Waals surface area contributed by atoms with Crippen LogP contribution in [0.2, 0.25) is 5.02 Å². The van der Waals surface area contributed by atoms with E-state index in [-0.39, 0.29) is 34.9 Å². The number of rotatable bonds is 4. The number of hydrogen-bond donors (Lipinski definition) is 1. The van der Waals surface area contributed by atoms with Crippen molar-refractivity contribution >= 4 is 35.3 Å². The Balaban J connectivity index is 1.82. The fraction of sp³-hybridized carbons (Fsp3) is 0.200. The molecule has 7 nitrogen and oxygen atoms in total. The minimum atomic E-state index is -0.721. The van der Waals surface area contributed by atoms with Crippen LogP contribution in [0.1, 0.15) is 34.6 Å². The van der Waals surface area contributed by atoms with Gasteiger partial charge < -0.3 is 5.32 Å². The van der Waals surface area contributed by atoms with E-state index in [1.807, 2.05) is 13.8 Å². The molecule has 1 aromatic heterocycles. The number of hydrogen-bond acceptors (Lipinski definition) is 4. The van der Waals surface area contributed by atoms with Gasteiger partial charge in [0.1, 0.15) is 11.6 Å². The number of carbonyl (C=O) groups is 3. The molecule has 0 radical (unpaired) electrons. The number of halogens is 2. The van der Waals surface area contributed by atoms with Crippen LogP contribution in [0.15, 0.2) is 48.8 Å². The quantitative estimate of drug-likeness (QED) is 0.825. The van der Waals surface area contributed by atoms with Crippen molar-refractivity contribution in [3.8, 4) is 0 Å². The topological polar surface area (TPSA) is 82.6 Å². The molecular formula is C20H18ClFN4O3. The van der Waals surface area contributed by atoms with Crippen molar-refractivity contribution in [2.45, 2.75) is 19.9 Å². The molecule has 0 bridgehead atoms. The second kappa shape index (κ2) is 8.40. The number of urea groups is 1. The fourth-order valence-corrected chi connectivity index (χ4v) is 2.89. The molecule has 0 saturated carbocycles. The first-order chi connectivity index (χ1) is 13.8. The third-order valence-electron chi connectivity index (χ3n) is 4.06. The van der Waals surface area contributed by atoms with Crippen molar-refractivity contribution in [3.05, 3.63) is 70.8 Å². The van der Waals surface area contributed by atoms with Gasteiger partial charge in [-0.1, -0.05) is 11.6 Å². The van der Waals surface area contributed by atoms with Crippen molar-refractivity contribution in [2.24, 2.45) is 0 Å². The maximum atomic E-state index is 13.5. The Hall–Kier alpha value is -3.26. The molecule has 0 saturated heterocycles. The first-order valence-electron chi connectivity index (χ1n) is 8.81. The lowest BCUT2D eigenvalue weighted by Gasteiger charge is -2.29. The molecule has 0 fully saturated rings. The summed E-state index contributed by atoms with van der Waals surface area (Å²) in [7, 11) is 0. The summed E-state index contributed by atoms with van der Waals surface area (Å²) in [6, 6.07) is 5.72. The Bertz CT molecular complexity index is 992. The van der Waals surface area contributed by atoms with Gasteiger partial charge in [0.25, 0.3) is 11.8 Å². The fourth-order valence-electron chi connectivity index (χ4n) is 2.69. The number of imide groups is 1. The Morgan fingerprint density at radius 2 is 2.00 bits per heavy atom. The van der Waals surface area contributed by atoms with Crippen molar-refractivity contribution in [2.75, 3.05) is 11.4 Å². The van der Waals surface area contributed by atoms with E-state index < -0.39 is 17.8 Å². The van der Waals surface area contributed by atoms with Crippen LogP contribution in [-0.4, -0.2) is 40.3 Å². The predicted molar refractivity (Wildman–Crippen MR) is 106 cm³/mol. The van der Waals surface area contributed by atoms with Gasteiger partial charge in [0.2, 0.25) is 0 Å². The van der Waals surface area contributed by atoms with Gasteiger partial charge in [-0.05, 0) is 50.3 Å². The highest BCUT2D eigenvalue weighted by Crippen LogP contribution is 2.23. The largest absolute Gasteiger partial charge is 0.350 e. The molecule has 3 rings (SSSR count). The summed E-state index contributed by atoms with van der Waals surface area (Å²) in [4.78, 5) is 43.8. The second-order valence-corrected chi connectivity index (χ2v) is 7.02. The monoisotopic (exact) mass is 416 g/mol. The van der Waals surface area contributed by atoms with Gasteiger partial charge in [0.15, 0.2) is 0 Å². The SMILES string of the molecule is CC(C)NC(=O)c1ccc(N2C=CCN(C(=O)c3cc(F)ccc3Cl)C2=O)nc1. The molecule has 2 aromatic rings. The lowest BCUT2D eigenvalue weighted by molar-refractivity contribution is 0.0817. The van der Waals surface area contributed by atoms with E-state index >= 15 is 0 Å². The zero-order chi connectivity index (χ0) is 21.1. The van der Waals surface area contributed by atoms with Crippen molar-refractivity contribution in [1.82, 2.24) is 15.2 Å². The lowest BCUT2D eigenvalue weighted by Crippen LogP contribution is -2.47. The molecule has 1 aliphatic rings. The lowest BCUT2D eigenvalue weighted by atomic mass is 10.2. The van der Waals surface area contributed by atoms with Gasteiger partial charge >= 0.3 is 6.03 Å². The van der Waals surface area contributed by atoms with Crippen LogP contribution in [0.4, 0.5) is 15.0 Å². The summed E-state index contributed by atoms with van der Waals surface area (Å²) < 4.78 is 13.5. The molecular weight excluding hydrogens is 399 g/mol. The third kappa shape index (κ3) is 4.43. The van der Waals surface area contributed by atoms with Gasteiger partial charge in [-0.2, -0.15) is 0 Å². The molecule has 29 heavy (non-hydrogen) atoms. The Morgan fingerprint density at radius 1 is 1.24 bits per heavy atom. The molecule has 0 atom stereocenters. The maximum absolute atomic E-state index is 13.5.